The molecule has 0 aliphatic rings. The van der Waals surface area contributed by atoms with Gasteiger partial charge in [0.2, 0.25) is 15.9 Å². The van der Waals surface area contributed by atoms with E-state index in [0.717, 1.165) is 10.6 Å². The monoisotopic (exact) mass is 346 g/mol. The molecule has 0 atom stereocenters. The van der Waals surface area contributed by atoms with E-state index in [0.29, 0.717) is 24.7 Å². The molecule has 0 saturated carbocycles. The van der Waals surface area contributed by atoms with E-state index in [9.17, 15) is 13.2 Å². The normalized spacial score (nSPS) is 11.0. The molecule has 0 aliphatic heterocycles. The zero-order valence-electron chi connectivity index (χ0n) is 13.7. The highest BCUT2D eigenvalue weighted by Gasteiger charge is 2.24. The highest BCUT2D eigenvalue weighted by atomic mass is 32.2. The molecule has 0 bridgehead atoms. The molecule has 1 aromatic carbocycles. The van der Waals surface area contributed by atoms with E-state index in [4.69, 9.17) is 14.2 Å². The van der Waals surface area contributed by atoms with Gasteiger partial charge in [0.15, 0.2) is 0 Å². The molecule has 130 valence electrons. The SMILES string of the molecule is COCCNC(=O)CN(c1ccc(OC)cc1OC)S(C)(=O)=O. The number of rotatable bonds is 9. The summed E-state index contributed by atoms with van der Waals surface area (Å²) in [6.45, 7) is 0.286. The number of anilines is 1. The Kier molecular flexibility index (Phi) is 7.11. The minimum Gasteiger partial charge on any atom is -0.497 e. The van der Waals surface area contributed by atoms with E-state index in [1.165, 1.54) is 27.4 Å². The van der Waals surface area contributed by atoms with Crippen molar-refractivity contribution in [3.8, 4) is 11.5 Å². The molecule has 1 aromatic rings. The number of nitrogens with one attached hydrogen (secondary N) is 1. The van der Waals surface area contributed by atoms with Crippen LogP contribution < -0.4 is 19.1 Å². The lowest BCUT2D eigenvalue weighted by Gasteiger charge is -2.24. The van der Waals surface area contributed by atoms with Gasteiger partial charge in [-0.1, -0.05) is 0 Å². The Bertz CT molecular complexity index is 632. The highest BCUT2D eigenvalue weighted by molar-refractivity contribution is 7.92. The van der Waals surface area contributed by atoms with Gasteiger partial charge in [0.05, 0.1) is 32.8 Å². The quantitative estimate of drug-likeness (QED) is 0.644. The number of methoxy groups -OCH3 is 3. The number of amides is 1. The minimum absolute atomic E-state index is 0.262. The number of hydrogen-bond acceptors (Lipinski definition) is 6. The highest BCUT2D eigenvalue weighted by Crippen LogP contribution is 2.33. The second-order valence-corrected chi connectivity index (χ2v) is 6.56. The molecule has 9 heteroatoms. The molecule has 8 nitrogen and oxygen atoms in total. The predicted molar refractivity (Wildman–Crippen MR) is 86.6 cm³/mol. The molecule has 0 fully saturated rings. The van der Waals surface area contributed by atoms with Gasteiger partial charge in [-0.2, -0.15) is 0 Å². The molecule has 0 unspecified atom stereocenters. The molecule has 0 saturated heterocycles. The molecule has 1 amide bonds. The lowest BCUT2D eigenvalue weighted by Crippen LogP contribution is -2.41. The predicted octanol–water partition coefficient (Wildman–Crippen LogP) is 0.232. The fourth-order valence-electron chi connectivity index (χ4n) is 1.85. The summed E-state index contributed by atoms with van der Waals surface area (Å²) in [6.07, 6.45) is 1.03. The standard InChI is InChI=1S/C14H22N2O6S/c1-20-8-7-15-14(17)10-16(23(4,18)19)12-6-5-11(21-2)9-13(12)22-3/h5-6,9H,7-8,10H2,1-4H3,(H,15,17). The van der Waals surface area contributed by atoms with Gasteiger partial charge >= 0.3 is 0 Å². The first-order valence-corrected chi connectivity index (χ1v) is 8.63. The van der Waals surface area contributed by atoms with Gasteiger partial charge in [0.1, 0.15) is 18.0 Å². The third kappa shape index (κ3) is 5.61. The van der Waals surface area contributed by atoms with Crippen LogP contribution in [-0.4, -0.2) is 61.6 Å². The molecule has 23 heavy (non-hydrogen) atoms. The van der Waals surface area contributed by atoms with Crippen LogP contribution in [0.3, 0.4) is 0 Å². The first-order chi connectivity index (χ1) is 10.8. The number of sulfonamides is 1. The van der Waals surface area contributed by atoms with E-state index in [1.54, 1.807) is 12.1 Å². The van der Waals surface area contributed by atoms with Crippen molar-refractivity contribution in [2.24, 2.45) is 0 Å². The van der Waals surface area contributed by atoms with Crippen LogP contribution in [0.2, 0.25) is 0 Å². The van der Waals surface area contributed by atoms with Gasteiger partial charge in [-0.3, -0.25) is 9.10 Å². The zero-order chi connectivity index (χ0) is 17.5. The van der Waals surface area contributed by atoms with Gasteiger partial charge in [0, 0.05) is 19.7 Å². The third-order valence-corrected chi connectivity index (χ3v) is 4.10. The fraction of sp³-hybridized carbons (Fsp3) is 0.500. The van der Waals surface area contributed by atoms with Crippen LogP contribution in [0.4, 0.5) is 5.69 Å². The van der Waals surface area contributed by atoms with Gasteiger partial charge in [-0.15, -0.1) is 0 Å². The van der Waals surface area contributed by atoms with Crippen LogP contribution in [-0.2, 0) is 19.6 Å². The van der Waals surface area contributed by atoms with Crippen LogP contribution in [0, 0.1) is 0 Å². The van der Waals surface area contributed by atoms with E-state index in [-0.39, 0.29) is 12.2 Å². The first kappa shape index (κ1) is 19.0. The Morgan fingerprint density at radius 2 is 1.91 bits per heavy atom. The summed E-state index contributed by atoms with van der Waals surface area (Å²) in [5.41, 5.74) is 0.262. The van der Waals surface area contributed by atoms with Gasteiger partial charge in [0.25, 0.3) is 0 Å². The summed E-state index contributed by atoms with van der Waals surface area (Å²) in [6, 6.07) is 4.68. The number of carbonyl (C=O) groups excluding carboxylic acids is 1. The molecule has 1 N–H and O–H groups in total. The Hall–Kier alpha value is -2.00. The van der Waals surface area contributed by atoms with Gasteiger partial charge < -0.3 is 19.5 Å². The number of benzene rings is 1. The van der Waals surface area contributed by atoms with Crippen LogP contribution >= 0.6 is 0 Å². The summed E-state index contributed by atoms with van der Waals surface area (Å²) in [5.74, 6) is 0.369. The van der Waals surface area contributed by atoms with Crippen molar-refractivity contribution < 1.29 is 27.4 Å². The Balaban J connectivity index is 3.06. The first-order valence-electron chi connectivity index (χ1n) is 6.78. The maximum Gasteiger partial charge on any atom is 0.240 e. The summed E-state index contributed by atoms with van der Waals surface area (Å²) in [7, 11) is 0.742. The van der Waals surface area contributed by atoms with Crippen LogP contribution in [0.25, 0.3) is 0 Å². The maximum absolute atomic E-state index is 12.1. The van der Waals surface area contributed by atoms with Crippen LogP contribution in [0.1, 0.15) is 0 Å². The Labute approximate surface area is 136 Å². The van der Waals surface area contributed by atoms with E-state index < -0.39 is 15.9 Å². The zero-order valence-corrected chi connectivity index (χ0v) is 14.5. The minimum atomic E-state index is -3.68. The number of ether oxygens (including phenoxy) is 3. The molecule has 0 heterocycles. The number of carbonyl (C=O) groups is 1. The van der Waals surface area contributed by atoms with Gasteiger partial charge in [-0.25, -0.2) is 8.42 Å². The molecular formula is C14H22N2O6S. The second kappa shape index (κ2) is 8.59. The Morgan fingerprint density at radius 3 is 2.43 bits per heavy atom. The van der Waals surface area contributed by atoms with Crippen molar-refractivity contribution in [2.75, 3.05) is 51.6 Å². The third-order valence-electron chi connectivity index (χ3n) is 2.97. The summed E-state index contributed by atoms with van der Waals surface area (Å²) in [5, 5.41) is 2.58. The largest absolute Gasteiger partial charge is 0.497 e. The number of hydrogen-bond donors (Lipinski definition) is 1. The van der Waals surface area contributed by atoms with Crippen molar-refractivity contribution in [1.82, 2.24) is 5.32 Å². The molecule has 0 radical (unpaired) electrons. The number of nitrogens with zero attached hydrogens (tertiary/aromatic N) is 1. The Morgan fingerprint density at radius 1 is 1.22 bits per heavy atom. The van der Waals surface area contributed by atoms with Crippen LogP contribution in [0.15, 0.2) is 18.2 Å². The molecule has 0 aromatic heterocycles. The van der Waals surface area contributed by atoms with Gasteiger partial charge in [-0.05, 0) is 12.1 Å². The van der Waals surface area contributed by atoms with Crippen molar-refractivity contribution in [3.63, 3.8) is 0 Å². The van der Waals surface area contributed by atoms with E-state index >= 15 is 0 Å². The van der Waals surface area contributed by atoms with Crippen molar-refractivity contribution >= 4 is 21.6 Å². The van der Waals surface area contributed by atoms with E-state index in [1.807, 2.05) is 0 Å². The summed E-state index contributed by atoms with van der Waals surface area (Å²) < 4.78 is 40.2. The summed E-state index contributed by atoms with van der Waals surface area (Å²) in [4.78, 5) is 11.9. The van der Waals surface area contributed by atoms with Crippen molar-refractivity contribution in [2.45, 2.75) is 0 Å². The average Bonchev–Trinajstić information content (AvgIpc) is 2.51. The fourth-order valence-corrected chi connectivity index (χ4v) is 2.71. The van der Waals surface area contributed by atoms with Crippen molar-refractivity contribution in [1.29, 1.82) is 0 Å². The van der Waals surface area contributed by atoms with E-state index in [2.05, 4.69) is 5.32 Å². The summed E-state index contributed by atoms with van der Waals surface area (Å²) >= 11 is 0. The second-order valence-electron chi connectivity index (χ2n) is 4.65. The smallest absolute Gasteiger partial charge is 0.240 e. The lowest BCUT2D eigenvalue weighted by molar-refractivity contribution is -0.119. The molecule has 0 aliphatic carbocycles. The van der Waals surface area contributed by atoms with Crippen molar-refractivity contribution in [3.05, 3.63) is 18.2 Å². The lowest BCUT2D eigenvalue weighted by atomic mass is 10.2. The molecular weight excluding hydrogens is 324 g/mol. The molecule has 0 spiro atoms. The topological polar surface area (TPSA) is 94.2 Å². The average molecular weight is 346 g/mol. The molecule has 1 rings (SSSR count). The maximum atomic E-state index is 12.1. The van der Waals surface area contributed by atoms with Crippen LogP contribution in [0.5, 0.6) is 11.5 Å².